The highest BCUT2D eigenvalue weighted by Crippen LogP contribution is 2.47. The molecular formula is C42H47ClN8O5S. The molecule has 3 heterocycles. The lowest BCUT2D eigenvalue weighted by Gasteiger charge is -2.44. The molecule has 3 aromatic carbocycles. The summed E-state index contributed by atoms with van der Waals surface area (Å²) in [6.45, 7) is 11.0. The Kier molecular flexibility index (Phi) is 11.6. The van der Waals surface area contributed by atoms with E-state index in [2.05, 4.69) is 51.7 Å². The summed E-state index contributed by atoms with van der Waals surface area (Å²) in [5.41, 5.74) is 3.12. The molecule has 4 aliphatic rings. The molecule has 0 radical (unpaired) electrons. The van der Waals surface area contributed by atoms with Crippen LogP contribution < -0.4 is 30.5 Å². The molecule has 1 aliphatic carbocycles. The van der Waals surface area contributed by atoms with E-state index in [0.717, 1.165) is 49.5 Å². The van der Waals surface area contributed by atoms with E-state index < -0.39 is 11.6 Å². The molecular weight excluding hydrogens is 764 g/mol. The van der Waals surface area contributed by atoms with Crippen LogP contribution in [0.15, 0.2) is 60.7 Å². The number of anilines is 4. The first-order valence-electron chi connectivity index (χ1n) is 19.4. The zero-order chi connectivity index (χ0) is 40.6. The zero-order valence-electron chi connectivity index (χ0n) is 32.5. The van der Waals surface area contributed by atoms with Crippen LogP contribution in [0.25, 0.3) is 0 Å². The number of ether oxygens (including phenoxy) is 1. The molecule has 298 valence electrons. The first kappa shape index (κ1) is 40.1. The van der Waals surface area contributed by atoms with Gasteiger partial charge in [-0.3, -0.25) is 39.2 Å². The largest absolute Gasteiger partial charge is 0.492 e. The number of nitriles is 1. The summed E-state index contributed by atoms with van der Waals surface area (Å²) in [6.07, 6.45) is 2.83. The number of benzene rings is 3. The second-order valence-electron chi connectivity index (χ2n) is 15.8. The smallest absolute Gasteiger partial charge is 0.259 e. The van der Waals surface area contributed by atoms with Crippen molar-refractivity contribution in [2.75, 3.05) is 53.2 Å². The van der Waals surface area contributed by atoms with Crippen molar-refractivity contribution in [3.63, 3.8) is 0 Å². The van der Waals surface area contributed by atoms with E-state index in [1.165, 1.54) is 4.90 Å². The van der Waals surface area contributed by atoms with Gasteiger partial charge in [-0.1, -0.05) is 17.7 Å². The van der Waals surface area contributed by atoms with Crippen LogP contribution in [-0.2, 0) is 19.2 Å². The Bertz CT molecular complexity index is 2140. The predicted molar refractivity (Wildman–Crippen MR) is 224 cm³/mol. The van der Waals surface area contributed by atoms with Crippen LogP contribution in [0.5, 0.6) is 5.75 Å². The van der Waals surface area contributed by atoms with E-state index in [1.807, 2.05) is 49.1 Å². The summed E-state index contributed by atoms with van der Waals surface area (Å²) >= 11 is 12.2. The van der Waals surface area contributed by atoms with Crippen LogP contribution in [0.3, 0.4) is 0 Å². The number of nitrogens with zero attached hydrogens (tertiary/aromatic N) is 5. The highest BCUT2D eigenvalue weighted by atomic mass is 35.5. The highest BCUT2D eigenvalue weighted by molar-refractivity contribution is 7.81. The van der Waals surface area contributed by atoms with Gasteiger partial charge in [0, 0.05) is 55.2 Å². The quantitative estimate of drug-likeness (QED) is 0.154. The van der Waals surface area contributed by atoms with Gasteiger partial charge >= 0.3 is 0 Å². The van der Waals surface area contributed by atoms with Gasteiger partial charge in [-0.05, 0) is 125 Å². The SMILES string of the molecule is C[C@@H]1CN(CCOc2ccc(N3C(=S)N(c4ccc(C#N)c(Cl)c4)C(=O)C3(C)C)cc2C2CC2)C[C@H](C)N1CC(=O)Nc1cccc(NC2CCC(=O)NC2=O)c1. The molecule has 4 fully saturated rings. The molecule has 3 aromatic rings. The summed E-state index contributed by atoms with van der Waals surface area (Å²) in [5, 5.41) is 18.4. The number of piperidine rings is 1. The van der Waals surface area contributed by atoms with E-state index in [-0.39, 0.29) is 53.7 Å². The van der Waals surface area contributed by atoms with Crippen LogP contribution in [0.4, 0.5) is 22.7 Å². The number of amides is 4. The van der Waals surface area contributed by atoms with Crippen LogP contribution in [0.2, 0.25) is 5.02 Å². The maximum Gasteiger partial charge on any atom is 0.259 e. The summed E-state index contributed by atoms with van der Waals surface area (Å²) in [7, 11) is 0. The number of carbonyl (C=O) groups excluding carboxylic acids is 4. The molecule has 3 aliphatic heterocycles. The van der Waals surface area contributed by atoms with Gasteiger partial charge in [0.25, 0.3) is 5.91 Å². The minimum absolute atomic E-state index is 0.117. The normalized spacial score (nSPS) is 22.6. The van der Waals surface area contributed by atoms with Crippen molar-refractivity contribution in [1.29, 1.82) is 5.26 Å². The Morgan fingerprint density at radius 1 is 1.00 bits per heavy atom. The number of imide groups is 1. The van der Waals surface area contributed by atoms with Crippen LogP contribution in [0, 0.1) is 11.3 Å². The number of carbonyl (C=O) groups is 4. The van der Waals surface area contributed by atoms with Gasteiger partial charge < -0.3 is 20.3 Å². The van der Waals surface area contributed by atoms with Gasteiger partial charge in [0.1, 0.15) is 30.0 Å². The van der Waals surface area contributed by atoms with Gasteiger partial charge in [-0.15, -0.1) is 0 Å². The molecule has 7 rings (SSSR count). The Morgan fingerprint density at radius 3 is 2.40 bits per heavy atom. The van der Waals surface area contributed by atoms with Gasteiger partial charge in [-0.2, -0.15) is 5.26 Å². The van der Waals surface area contributed by atoms with Gasteiger partial charge in [0.2, 0.25) is 17.7 Å². The number of piperazine rings is 1. The lowest BCUT2D eigenvalue weighted by atomic mass is 10.0. The number of hydrogen-bond donors (Lipinski definition) is 3. The van der Waals surface area contributed by atoms with E-state index in [1.54, 1.807) is 24.3 Å². The van der Waals surface area contributed by atoms with Crippen LogP contribution in [-0.4, -0.2) is 95.0 Å². The molecule has 0 bridgehead atoms. The topological polar surface area (TPSA) is 150 Å². The van der Waals surface area contributed by atoms with Gasteiger partial charge in [0.05, 0.1) is 22.8 Å². The first-order valence-corrected chi connectivity index (χ1v) is 20.2. The second kappa shape index (κ2) is 16.4. The Labute approximate surface area is 343 Å². The number of hydrogen-bond acceptors (Lipinski definition) is 10. The van der Waals surface area contributed by atoms with Crippen molar-refractivity contribution in [3.8, 4) is 11.8 Å². The van der Waals surface area contributed by atoms with E-state index in [4.69, 9.17) is 28.6 Å². The molecule has 13 nitrogen and oxygen atoms in total. The molecule has 0 spiro atoms. The molecule has 3 atom stereocenters. The predicted octanol–water partition coefficient (Wildman–Crippen LogP) is 5.63. The summed E-state index contributed by atoms with van der Waals surface area (Å²) in [6, 6.07) is 20.0. The van der Waals surface area contributed by atoms with Crippen molar-refractivity contribution >= 4 is 75.3 Å². The fourth-order valence-electron chi connectivity index (χ4n) is 8.04. The average Bonchev–Trinajstić information content (AvgIpc) is 3.98. The van der Waals surface area contributed by atoms with Gasteiger partial charge in [-0.25, -0.2) is 0 Å². The molecule has 57 heavy (non-hydrogen) atoms. The number of rotatable bonds is 12. The highest BCUT2D eigenvalue weighted by Gasteiger charge is 2.50. The standard InChI is InChI=1S/C42H47ClN8O5S/c1-25-22-48(23-26(2)49(25)24-38(53)46-30-7-5-6-29(18-30)45-35-13-15-37(52)47-39(35)54)16-17-56-36-14-12-32(19-33(36)27-8-9-27)51-41(57)50(40(55)42(51,3)4)31-11-10-28(21-44)34(43)20-31/h5-7,10-12,14,18-20,25-27,35,45H,8-9,13,15-17,22-24H2,1-4H3,(H,46,53)(H,47,52,54)/t25-,26+,35?. The van der Waals surface area contributed by atoms with E-state index in [0.29, 0.717) is 46.7 Å². The molecule has 3 N–H and O–H groups in total. The average molecular weight is 811 g/mol. The molecule has 3 saturated heterocycles. The van der Waals surface area contributed by atoms with Crippen molar-refractivity contribution in [2.45, 2.75) is 83.0 Å². The minimum atomic E-state index is -0.960. The third kappa shape index (κ3) is 8.62. The van der Waals surface area contributed by atoms with Gasteiger partial charge in [0.15, 0.2) is 5.11 Å². The summed E-state index contributed by atoms with van der Waals surface area (Å²) in [4.78, 5) is 58.6. The Morgan fingerprint density at radius 2 is 1.72 bits per heavy atom. The van der Waals surface area contributed by atoms with Crippen molar-refractivity contribution in [1.82, 2.24) is 15.1 Å². The molecule has 1 unspecified atom stereocenters. The Balaban J connectivity index is 0.931. The number of thiocarbonyl (C=S) groups is 1. The summed E-state index contributed by atoms with van der Waals surface area (Å²) < 4.78 is 6.45. The zero-order valence-corrected chi connectivity index (χ0v) is 34.1. The molecule has 0 aromatic heterocycles. The van der Waals surface area contributed by atoms with Crippen LogP contribution >= 0.6 is 23.8 Å². The fraction of sp³-hybridized carbons (Fsp3) is 0.429. The molecule has 1 saturated carbocycles. The van der Waals surface area contributed by atoms with Crippen molar-refractivity contribution in [3.05, 3.63) is 76.8 Å². The van der Waals surface area contributed by atoms with Crippen LogP contribution in [0.1, 0.15) is 70.4 Å². The lowest BCUT2D eigenvalue weighted by molar-refractivity contribution is -0.133. The molecule has 15 heteroatoms. The third-order valence-corrected chi connectivity index (χ3v) is 11.8. The Hall–Kier alpha value is -5.07. The first-order chi connectivity index (χ1) is 27.2. The third-order valence-electron chi connectivity index (χ3n) is 11.2. The number of halogens is 1. The van der Waals surface area contributed by atoms with Crippen molar-refractivity contribution in [2.24, 2.45) is 0 Å². The minimum Gasteiger partial charge on any atom is -0.492 e. The van der Waals surface area contributed by atoms with Crippen molar-refractivity contribution < 1.29 is 23.9 Å². The second-order valence-corrected chi connectivity index (χ2v) is 16.6. The molecule has 4 amide bonds. The maximum atomic E-state index is 13.8. The monoisotopic (exact) mass is 810 g/mol. The fourth-order valence-corrected chi connectivity index (χ4v) is 8.78. The number of nitrogens with one attached hydrogen (secondary N) is 3. The van der Waals surface area contributed by atoms with E-state index in [9.17, 15) is 24.4 Å². The lowest BCUT2D eigenvalue weighted by Crippen LogP contribution is -2.58. The maximum absolute atomic E-state index is 13.8. The van der Waals surface area contributed by atoms with E-state index >= 15 is 0 Å². The summed E-state index contributed by atoms with van der Waals surface area (Å²) in [5.74, 6) is 0.296.